The van der Waals surface area contributed by atoms with Crippen molar-refractivity contribution in [3.05, 3.63) is 35.9 Å². The Hall–Kier alpha value is -1.39. The van der Waals surface area contributed by atoms with E-state index >= 15 is 0 Å². The molecule has 4 nitrogen and oxygen atoms in total. The van der Waals surface area contributed by atoms with E-state index in [0.717, 1.165) is 39.0 Å². The Balaban J connectivity index is 1.44. The Labute approximate surface area is 158 Å². The lowest BCUT2D eigenvalue weighted by molar-refractivity contribution is -0.127. The first-order valence-corrected chi connectivity index (χ1v) is 10.4. The van der Waals surface area contributed by atoms with Crippen molar-refractivity contribution in [2.24, 2.45) is 11.8 Å². The summed E-state index contributed by atoms with van der Waals surface area (Å²) >= 11 is 0. The number of likely N-dealkylation sites (tertiary alicyclic amines) is 2. The van der Waals surface area contributed by atoms with Gasteiger partial charge in [0.2, 0.25) is 5.91 Å². The van der Waals surface area contributed by atoms with E-state index in [1.807, 2.05) is 0 Å². The second-order valence-electron chi connectivity index (χ2n) is 8.47. The highest BCUT2D eigenvalue weighted by molar-refractivity contribution is 5.78. The van der Waals surface area contributed by atoms with Crippen LogP contribution in [-0.4, -0.2) is 54.5 Å². The van der Waals surface area contributed by atoms with Crippen LogP contribution in [0.1, 0.15) is 45.1 Å². The van der Waals surface area contributed by atoms with Crippen LogP contribution in [0.5, 0.6) is 0 Å². The lowest BCUT2D eigenvalue weighted by Crippen LogP contribution is -2.50. The molecule has 2 aliphatic heterocycles. The number of hydrogen-bond acceptors (Lipinski definition) is 3. The van der Waals surface area contributed by atoms with Crippen LogP contribution in [0.15, 0.2) is 30.3 Å². The molecule has 1 aromatic carbocycles. The summed E-state index contributed by atoms with van der Waals surface area (Å²) in [6.45, 7) is 10.6. The number of nitrogens with one attached hydrogen (secondary N) is 1. The minimum Gasteiger partial charge on any atom is -0.356 e. The molecule has 2 saturated heterocycles. The number of nitrogens with zero attached hydrogens (tertiary/aromatic N) is 2. The van der Waals surface area contributed by atoms with Crippen molar-refractivity contribution in [2.75, 3.05) is 32.7 Å². The zero-order valence-electron chi connectivity index (χ0n) is 16.5. The van der Waals surface area contributed by atoms with Crippen LogP contribution in [0.3, 0.4) is 0 Å². The molecule has 3 rings (SSSR count). The van der Waals surface area contributed by atoms with Gasteiger partial charge in [-0.1, -0.05) is 44.2 Å². The third-order valence-corrected chi connectivity index (χ3v) is 5.83. The smallest absolute Gasteiger partial charge is 0.224 e. The van der Waals surface area contributed by atoms with Crippen molar-refractivity contribution in [3.63, 3.8) is 0 Å². The highest BCUT2D eigenvalue weighted by Gasteiger charge is 2.31. The van der Waals surface area contributed by atoms with Crippen LogP contribution in [0.4, 0.5) is 0 Å². The first-order valence-electron chi connectivity index (χ1n) is 10.4. The molecule has 2 aliphatic rings. The zero-order valence-corrected chi connectivity index (χ0v) is 16.5. The Morgan fingerprint density at radius 3 is 2.54 bits per heavy atom. The number of amides is 1. The molecule has 4 heteroatoms. The molecule has 1 N–H and O–H groups in total. The van der Waals surface area contributed by atoms with Crippen molar-refractivity contribution < 1.29 is 4.79 Å². The predicted octanol–water partition coefficient (Wildman–Crippen LogP) is 3.14. The molecular formula is C22H35N3O. The molecular weight excluding hydrogens is 322 g/mol. The SMILES string of the molecule is CC(C)CNC(=O)C1CCCN(C2CCN(Cc3ccccc3)CC2)C1. The van der Waals surface area contributed by atoms with Gasteiger partial charge in [-0.3, -0.25) is 14.6 Å². The molecule has 1 amide bonds. The Morgan fingerprint density at radius 1 is 1.12 bits per heavy atom. The zero-order chi connectivity index (χ0) is 18.4. The number of piperidine rings is 2. The minimum absolute atomic E-state index is 0.185. The van der Waals surface area contributed by atoms with Gasteiger partial charge in [-0.15, -0.1) is 0 Å². The number of hydrogen-bond donors (Lipinski definition) is 1. The van der Waals surface area contributed by atoms with Crippen LogP contribution in [0.2, 0.25) is 0 Å². The van der Waals surface area contributed by atoms with Crippen molar-refractivity contribution in [2.45, 2.75) is 52.1 Å². The molecule has 26 heavy (non-hydrogen) atoms. The van der Waals surface area contributed by atoms with Crippen molar-refractivity contribution >= 4 is 5.91 Å². The second-order valence-corrected chi connectivity index (χ2v) is 8.47. The average molecular weight is 358 g/mol. The van der Waals surface area contributed by atoms with Crippen LogP contribution in [0, 0.1) is 11.8 Å². The van der Waals surface area contributed by atoms with Gasteiger partial charge in [0.25, 0.3) is 0 Å². The summed E-state index contributed by atoms with van der Waals surface area (Å²) in [6.07, 6.45) is 4.66. The number of rotatable bonds is 6. The summed E-state index contributed by atoms with van der Waals surface area (Å²) in [6, 6.07) is 11.4. The van der Waals surface area contributed by atoms with E-state index in [1.165, 1.54) is 31.5 Å². The number of benzene rings is 1. The highest BCUT2D eigenvalue weighted by Crippen LogP contribution is 2.24. The Kier molecular flexibility index (Phi) is 7.09. The van der Waals surface area contributed by atoms with Crippen LogP contribution in [0.25, 0.3) is 0 Å². The third-order valence-electron chi connectivity index (χ3n) is 5.83. The van der Waals surface area contributed by atoms with Crippen molar-refractivity contribution in [1.82, 2.24) is 15.1 Å². The topological polar surface area (TPSA) is 35.6 Å². The molecule has 0 spiro atoms. The van der Waals surface area contributed by atoms with Gasteiger partial charge in [0.1, 0.15) is 0 Å². The standard InChI is InChI=1S/C22H35N3O/c1-18(2)15-23-22(26)20-9-6-12-25(17-20)21-10-13-24(14-11-21)16-19-7-4-3-5-8-19/h3-5,7-8,18,20-21H,6,9-17H2,1-2H3,(H,23,26). The van der Waals surface area contributed by atoms with Crippen LogP contribution >= 0.6 is 0 Å². The maximum Gasteiger partial charge on any atom is 0.224 e. The monoisotopic (exact) mass is 357 g/mol. The maximum atomic E-state index is 12.4. The quantitative estimate of drug-likeness (QED) is 0.850. The van der Waals surface area contributed by atoms with Crippen LogP contribution < -0.4 is 5.32 Å². The predicted molar refractivity (Wildman–Crippen MR) is 107 cm³/mol. The van der Waals surface area contributed by atoms with Gasteiger partial charge in [-0.2, -0.15) is 0 Å². The first kappa shape index (κ1) is 19.4. The van der Waals surface area contributed by atoms with Gasteiger partial charge < -0.3 is 5.32 Å². The summed E-state index contributed by atoms with van der Waals surface area (Å²) in [4.78, 5) is 17.6. The van der Waals surface area contributed by atoms with E-state index in [-0.39, 0.29) is 11.8 Å². The largest absolute Gasteiger partial charge is 0.356 e. The molecule has 2 heterocycles. The summed E-state index contributed by atoms with van der Waals surface area (Å²) in [5.74, 6) is 0.974. The average Bonchev–Trinajstić information content (AvgIpc) is 2.67. The van der Waals surface area contributed by atoms with Gasteiger partial charge in [0, 0.05) is 25.7 Å². The maximum absolute atomic E-state index is 12.4. The lowest BCUT2D eigenvalue weighted by Gasteiger charge is -2.42. The summed E-state index contributed by atoms with van der Waals surface area (Å²) in [5, 5.41) is 3.14. The van der Waals surface area contributed by atoms with Gasteiger partial charge in [-0.25, -0.2) is 0 Å². The third kappa shape index (κ3) is 5.55. The molecule has 0 aromatic heterocycles. The molecule has 1 aromatic rings. The molecule has 1 unspecified atom stereocenters. The van der Waals surface area contributed by atoms with Crippen molar-refractivity contribution in [3.8, 4) is 0 Å². The van der Waals surface area contributed by atoms with E-state index in [0.29, 0.717) is 12.0 Å². The van der Waals surface area contributed by atoms with E-state index in [2.05, 4.69) is 59.3 Å². The van der Waals surface area contributed by atoms with Gasteiger partial charge >= 0.3 is 0 Å². The highest BCUT2D eigenvalue weighted by atomic mass is 16.1. The van der Waals surface area contributed by atoms with E-state index in [4.69, 9.17) is 0 Å². The number of carbonyl (C=O) groups is 1. The van der Waals surface area contributed by atoms with Crippen molar-refractivity contribution in [1.29, 1.82) is 0 Å². The molecule has 0 saturated carbocycles. The molecule has 144 valence electrons. The molecule has 0 radical (unpaired) electrons. The lowest BCUT2D eigenvalue weighted by atomic mass is 9.93. The van der Waals surface area contributed by atoms with Crippen LogP contribution in [-0.2, 0) is 11.3 Å². The van der Waals surface area contributed by atoms with Gasteiger partial charge in [-0.05, 0) is 56.8 Å². The summed E-state index contributed by atoms with van der Waals surface area (Å²) < 4.78 is 0. The molecule has 0 bridgehead atoms. The summed E-state index contributed by atoms with van der Waals surface area (Å²) in [7, 11) is 0. The fraction of sp³-hybridized carbons (Fsp3) is 0.682. The first-order chi connectivity index (χ1) is 12.6. The second kappa shape index (κ2) is 9.52. The van der Waals surface area contributed by atoms with Gasteiger partial charge in [0.05, 0.1) is 5.92 Å². The van der Waals surface area contributed by atoms with Gasteiger partial charge in [0.15, 0.2) is 0 Å². The normalized spacial score (nSPS) is 23.3. The Bertz CT molecular complexity index is 552. The molecule has 2 fully saturated rings. The minimum atomic E-state index is 0.185. The fourth-order valence-electron chi connectivity index (χ4n) is 4.29. The van der Waals surface area contributed by atoms with E-state index in [1.54, 1.807) is 0 Å². The molecule has 0 aliphatic carbocycles. The summed E-state index contributed by atoms with van der Waals surface area (Å²) in [5.41, 5.74) is 1.41. The number of carbonyl (C=O) groups excluding carboxylic acids is 1. The Morgan fingerprint density at radius 2 is 1.85 bits per heavy atom. The van der Waals surface area contributed by atoms with E-state index < -0.39 is 0 Å². The fourth-order valence-corrected chi connectivity index (χ4v) is 4.29. The molecule has 1 atom stereocenters. The van der Waals surface area contributed by atoms with E-state index in [9.17, 15) is 4.79 Å².